The molecular weight excluding hydrogens is 300 g/mol. The fraction of sp³-hybridized carbons (Fsp3) is 0.300. The maximum Gasteiger partial charge on any atom is 0.255 e. The highest BCUT2D eigenvalue weighted by molar-refractivity contribution is 6.04. The van der Waals surface area contributed by atoms with Gasteiger partial charge in [-0.15, -0.1) is 0 Å². The number of hydrogen-bond donors (Lipinski definition) is 2. The maximum absolute atomic E-state index is 12.5. The van der Waals surface area contributed by atoms with Gasteiger partial charge in [0.15, 0.2) is 0 Å². The van der Waals surface area contributed by atoms with Crippen LogP contribution in [-0.4, -0.2) is 11.8 Å². The van der Waals surface area contributed by atoms with E-state index in [0.29, 0.717) is 12.1 Å². The fourth-order valence-corrected chi connectivity index (χ4v) is 2.44. The number of benzene rings is 2. The second kappa shape index (κ2) is 7.30. The fourth-order valence-electron chi connectivity index (χ4n) is 2.44. The number of rotatable bonds is 4. The van der Waals surface area contributed by atoms with Gasteiger partial charge in [-0.3, -0.25) is 9.59 Å². The summed E-state index contributed by atoms with van der Waals surface area (Å²) in [6.45, 7) is 8.30. The molecule has 2 rings (SSSR count). The molecule has 0 aliphatic carbocycles. The average molecular weight is 324 g/mol. The number of amides is 2. The van der Waals surface area contributed by atoms with Crippen LogP contribution in [0, 0.1) is 0 Å². The first-order chi connectivity index (χ1) is 11.3. The van der Waals surface area contributed by atoms with E-state index in [4.69, 9.17) is 0 Å². The molecule has 0 saturated carbocycles. The number of hydrogen-bond acceptors (Lipinski definition) is 2. The first-order valence-corrected chi connectivity index (χ1v) is 8.01. The predicted molar refractivity (Wildman–Crippen MR) is 97.1 cm³/mol. The van der Waals surface area contributed by atoms with Gasteiger partial charge in [-0.1, -0.05) is 51.1 Å². The molecule has 4 heteroatoms. The van der Waals surface area contributed by atoms with Crippen molar-refractivity contribution in [3.63, 3.8) is 0 Å². The van der Waals surface area contributed by atoms with Crippen LogP contribution in [0.2, 0.25) is 0 Å². The minimum atomic E-state index is -0.141. The number of carbonyl (C=O) groups excluding carboxylic acids is 2. The van der Waals surface area contributed by atoms with Crippen LogP contribution in [0.25, 0.3) is 0 Å². The van der Waals surface area contributed by atoms with Gasteiger partial charge in [0.25, 0.3) is 5.91 Å². The quantitative estimate of drug-likeness (QED) is 0.897. The monoisotopic (exact) mass is 324 g/mol. The molecule has 0 heterocycles. The molecule has 0 bridgehead atoms. The molecule has 126 valence electrons. The van der Waals surface area contributed by atoms with Crippen molar-refractivity contribution in [2.45, 2.75) is 39.7 Å². The second-order valence-corrected chi connectivity index (χ2v) is 6.86. The Morgan fingerprint density at radius 3 is 2.17 bits per heavy atom. The van der Waals surface area contributed by atoms with Crippen molar-refractivity contribution >= 4 is 17.5 Å². The SMILES string of the molecule is CC(=O)NCc1ccc(C(=O)Nc2ccccc2C(C)(C)C)cc1. The first-order valence-electron chi connectivity index (χ1n) is 8.01. The standard InChI is InChI=1S/C20H24N2O2/c1-14(23)21-13-15-9-11-16(12-10-15)19(24)22-18-8-6-5-7-17(18)20(2,3)4/h5-12H,13H2,1-4H3,(H,21,23)(H,22,24). The van der Waals surface area contributed by atoms with E-state index in [1.165, 1.54) is 6.92 Å². The minimum absolute atomic E-state index is 0.0495. The number of para-hydroxylation sites is 1. The van der Waals surface area contributed by atoms with Crippen molar-refractivity contribution in [1.82, 2.24) is 5.32 Å². The van der Waals surface area contributed by atoms with E-state index in [0.717, 1.165) is 16.8 Å². The molecule has 0 atom stereocenters. The Morgan fingerprint density at radius 1 is 0.958 bits per heavy atom. The van der Waals surface area contributed by atoms with Crippen LogP contribution in [0.1, 0.15) is 49.2 Å². The van der Waals surface area contributed by atoms with Crippen molar-refractivity contribution in [2.75, 3.05) is 5.32 Å². The summed E-state index contributed by atoms with van der Waals surface area (Å²) in [5, 5.41) is 5.73. The van der Waals surface area contributed by atoms with Crippen LogP contribution in [-0.2, 0) is 16.8 Å². The van der Waals surface area contributed by atoms with Gasteiger partial charge in [-0.2, -0.15) is 0 Å². The largest absolute Gasteiger partial charge is 0.352 e. The molecule has 0 saturated heterocycles. The van der Waals surface area contributed by atoms with Gasteiger partial charge in [0.05, 0.1) is 0 Å². The summed E-state index contributed by atoms with van der Waals surface area (Å²) < 4.78 is 0. The molecule has 2 N–H and O–H groups in total. The normalized spacial score (nSPS) is 11.0. The van der Waals surface area contributed by atoms with Crippen LogP contribution in [0.15, 0.2) is 48.5 Å². The highest BCUT2D eigenvalue weighted by Gasteiger charge is 2.18. The van der Waals surface area contributed by atoms with Crippen molar-refractivity contribution in [2.24, 2.45) is 0 Å². The van der Waals surface area contributed by atoms with E-state index in [2.05, 4.69) is 31.4 Å². The Kier molecular flexibility index (Phi) is 5.39. The van der Waals surface area contributed by atoms with Crippen LogP contribution in [0.5, 0.6) is 0 Å². The summed E-state index contributed by atoms with van der Waals surface area (Å²) in [6, 6.07) is 15.1. The van der Waals surface area contributed by atoms with Gasteiger partial charge in [0, 0.05) is 24.7 Å². The van der Waals surface area contributed by atoms with Gasteiger partial charge in [0.1, 0.15) is 0 Å². The van der Waals surface area contributed by atoms with E-state index in [-0.39, 0.29) is 17.2 Å². The summed E-state index contributed by atoms with van der Waals surface area (Å²) in [4.78, 5) is 23.4. The Balaban J connectivity index is 2.12. The summed E-state index contributed by atoms with van der Waals surface area (Å²) >= 11 is 0. The summed E-state index contributed by atoms with van der Waals surface area (Å²) in [5.41, 5.74) is 3.42. The van der Waals surface area contributed by atoms with Crippen molar-refractivity contribution in [3.05, 3.63) is 65.2 Å². The zero-order valence-electron chi connectivity index (χ0n) is 14.6. The van der Waals surface area contributed by atoms with Crippen LogP contribution in [0.4, 0.5) is 5.69 Å². The molecule has 0 unspecified atom stereocenters. The van der Waals surface area contributed by atoms with E-state index in [1.54, 1.807) is 12.1 Å². The minimum Gasteiger partial charge on any atom is -0.352 e. The lowest BCUT2D eigenvalue weighted by Crippen LogP contribution is -2.20. The maximum atomic E-state index is 12.5. The molecule has 0 radical (unpaired) electrons. The van der Waals surface area contributed by atoms with Gasteiger partial charge in [-0.25, -0.2) is 0 Å². The summed E-state index contributed by atoms with van der Waals surface area (Å²) in [5.74, 6) is -0.214. The van der Waals surface area contributed by atoms with Crippen molar-refractivity contribution < 1.29 is 9.59 Å². The van der Waals surface area contributed by atoms with Crippen molar-refractivity contribution in [1.29, 1.82) is 0 Å². The lowest BCUT2D eigenvalue weighted by Gasteiger charge is -2.23. The zero-order chi connectivity index (χ0) is 17.7. The number of carbonyl (C=O) groups is 2. The van der Waals surface area contributed by atoms with Crippen molar-refractivity contribution in [3.8, 4) is 0 Å². The molecule has 2 amide bonds. The Hall–Kier alpha value is -2.62. The molecule has 0 spiro atoms. The second-order valence-electron chi connectivity index (χ2n) is 6.86. The molecule has 24 heavy (non-hydrogen) atoms. The lowest BCUT2D eigenvalue weighted by molar-refractivity contribution is -0.119. The summed E-state index contributed by atoms with van der Waals surface area (Å²) in [7, 11) is 0. The average Bonchev–Trinajstić information content (AvgIpc) is 2.53. The Morgan fingerprint density at radius 2 is 1.58 bits per heavy atom. The smallest absolute Gasteiger partial charge is 0.255 e. The number of nitrogens with one attached hydrogen (secondary N) is 2. The highest BCUT2D eigenvalue weighted by atomic mass is 16.2. The van der Waals surface area contributed by atoms with Gasteiger partial charge in [-0.05, 0) is 34.7 Å². The highest BCUT2D eigenvalue weighted by Crippen LogP contribution is 2.29. The Bertz CT molecular complexity index is 728. The van der Waals surface area contributed by atoms with Crippen LogP contribution < -0.4 is 10.6 Å². The third-order valence-corrected chi connectivity index (χ3v) is 3.74. The Labute approximate surface area is 143 Å². The molecule has 0 fully saturated rings. The zero-order valence-corrected chi connectivity index (χ0v) is 14.6. The molecule has 0 aromatic heterocycles. The summed E-state index contributed by atoms with van der Waals surface area (Å²) in [6.07, 6.45) is 0. The lowest BCUT2D eigenvalue weighted by atomic mass is 9.86. The molecule has 0 aliphatic heterocycles. The van der Waals surface area contributed by atoms with Crippen LogP contribution in [0.3, 0.4) is 0 Å². The third-order valence-electron chi connectivity index (χ3n) is 3.74. The molecular formula is C20H24N2O2. The molecule has 4 nitrogen and oxygen atoms in total. The topological polar surface area (TPSA) is 58.2 Å². The molecule has 0 aliphatic rings. The van der Waals surface area contributed by atoms with Gasteiger partial charge < -0.3 is 10.6 Å². The van der Waals surface area contributed by atoms with E-state index < -0.39 is 0 Å². The van der Waals surface area contributed by atoms with E-state index in [9.17, 15) is 9.59 Å². The first kappa shape index (κ1) is 17.7. The van der Waals surface area contributed by atoms with Gasteiger partial charge >= 0.3 is 0 Å². The third kappa shape index (κ3) is 4.69. The van der Waals surface area contributed by atoms with E-state index in [1.807, 2.05) is 36.4 Å². The van der Waals surface area contributed by atoms with Gasteiger partial charge in [0.2, 0.25) is 5.91 Å². The van der Waals surface area contributed by atoms with E-state index >= 15 is 0 Å². The molecule has 2 aromatic rings. The predicted octanol–water partition coefficient (Wildman–Crippen LogP) is 3.87. The van der Waals surface area contributed by atoms with Crippen LogP contribution >= 0.6 is 0 Å². The number of anilines is 1. The molecule has 2 aromatic carbocycles.